The molecule has 1 aliphatic heterocycles. The van der Waals surface area contributed by atoms with Crippen LogP contribution in [0.5, 0.6) is 0 Å². The number of aromatic nitrogens is 1. The zero-order chi connectivity index (χ0) is 21.5. The van der Waals surface area contributed by atoms with E-state index in [0.717, 1.165) is 22.8 Å². The van der Waals surface area contributed by atoms with Gasteiger partial charge in [0, 0.05) is 25.0 Å². The third-order valence-electron chi connectivity index (χ3n) is 5.15. The molecule has 0 radical (unpaired) electrons. The van der Waals surface area contributed by atoms with Crippen LogP contribution in [0.3, 0.4) is 0 Å². The summed E-state index contributed by atoms with van der Waals surface area (Å²) in [6, 6.07) is 5.30. The highest BCUT2D eigenvalue weighted by molar-refractivity contribution is 14.0. The molecule has 1 fully saturated rings. The maximum atomic E-state index is 14.7. The summed E-state index contributed by atoms with van der Waals surface area (Å²) in [5.74, 6) is 0.874. The molecule has 0 bridgehead atoms. The summed E-state index contributed by atoms with van der Waals surface area (Å²) in [5.41, 5.74) is 2.53. The fourth-order valence-electron chi connectivity index (χ4n) is 3.35. The Labute approximate surface area is 205 Å². The number of nitrogens with zero attached hydrogens (tertiary/aromatic N) is 3. The maximum absolute atomic E-state index is 14.7. The molecule has 0 unspecified atom stereocenters. The van der Waals surface area contributed by atoms with Gasteiger partial charge in [-0.3, -0.25) is 0 Å². The second kappa shape index (κ2) is 12.5. The number of aliphatic hydroxyl groups excluding tert-OH is 1. The fraction of sp³-hybridized carbons (Fsp3) is 0.545. The van der Waals surface area contributed by atoms with Gasteiger partial charge in [-0.15, -0.1) is 35.3 Å². The standard InChI is InChI=1S/C22H32FN5OS.HI/c1-4-24-22(26-13-21-27-19(14-30-21)15(2)3)25-12-16-5-6-20(18(23)11-16)28-9-7-17(29)8-10-28;/h5-6,11,14-15,17,29H,4,7-10,12-13H2,1-3H3,(H2,24,25,26);1H. The van der Waals surface area contributed by atoms with Crippen LogP contribution < -0.4 is 15.5 Å². The Morgan fingerprint density at radius 1 is 1.32 bits per heavy atom. The van der Waals surface area contributed by atoms with Gasteiger partial charge in [-0.05, 0) is 43.4 Å². The van der Waals surface area contributed by atoms with E-state index in [2.05, 4.69) is 39.8 Å². The first-order chi connectivity index (χ1) is 14.5. The fourth-order valence-corrected chi connectivity index (χ4v) is 4.25. The second-order valence-electron chi connectivity index (χ2n) is 7.87. The van der Waals surface area contributed by atoms with E-state index < -0.39 is 0 Å². The largest absolute Gasteiger partial charge is 0.393 e. The van der Waals surface area contributed by atoms with Crippen molar-refractivity contribution >= 4 is 47.0 Å². The average Bonchev–Trinajstić information content (AvgIpc) is 3.20. The van der Waals surface area contributed by atoms with Crippen LogP contribution in [-0.2, 0) is 13.1 Å². The first-order valence-electron chi connectivity index (χ1n) is 10.6. The summed E-state index contributed by atoms with van der Waals surface area (Å²) in [6.45, 7) is 9.39. The zero-order valence-corrected chi connectivity index (χ0v) is 21.5. The van der Waals surface area contributed by atoms with Crippen molar-refractivity contribution in [1.29, 1.82) is 0 Å². The Kier molecular flexibility index (Phi) is 10.4. The predicted molar refractivity (Wildman–Crippen MR) is 137 cm³/mol. The number of benzene rings is 1. The van der Waals surface area contributed by atoms with Gasteiger partial charge in [-0.2, -0.15) is 0 Å². The number of anilines is 1. The van der Waals surface area contributed by atoms with Crippen LogP contribution in [0.1, 0.15) is 55.8 Å². The van der Waals surface area contributed by atoms with E-state index in [1.807, 2.05) is 24.0 Å². The number of guanidine groups is 1. The molecule has 2 aromatic rings. The van der Waals surface area contributed by atoms with Crippen LogP contribution in [0.15, 0.2) is 28.6 Å². The summed E-state index contributed by atoms with van der Waals surface area (Å²) >= 11 is 1.64. The van der Waals surface area contributed by atoms with Crippen molar-refractivity contribution in [2.75, 3.05) is 24.5 Å². The van der Waals surface area contributed by atoms with Crippen molar-refractivity contribution in [2.24, 2.45) is 4.99 Å². The minimum Gasteiger partial charge on any atom is -0.393 e. The summed E-state index contributed by atoms with van der Waals surface area (Å²) in [5, 5.41) is 19.3. The van der Waals surface area contributed by atoms with Crippen LogP contribution >= 0.6 is 35.3 Å². The number of hydrogen-bond acceptors (Lipinski definition) is 5. The lowest BCUT2D eigenvalue weighted by molar-refractivity contribution is 0.145. The molecule has 6 nitrogen and oxygen atoms in total. The van der Waals surface area contributed by atoms with E-state index in [1.54, 1.807) is 17.4 Å². The first kappa shape index (κ1) is 25.8. The molecule has 0 aliphatic carbocycles. The van der Waals surface area contributed by atoms with E-state index in [1.165, 1.54) is 0 Å². The summed E-state index contributed by atoms with van der Waals surface area (Å²) in [7, 11) is 0. The predicted octanol–water partition coefficient (Wildman–Crippen LogP) is 4.24. The van der Waals surface area contributed by atoms with E-state index in [-0.39, 0.29) is 35.9 Å². The number of thiazole rings is 1. The Morgan fingerprint density at radius 3 is 2.68 bits per heavy atom. The van der Waals surface area contributed by atoms with Crippen molar-refractivity contribution in [3.8, 4) is 0 Å². The lowest BCUT2D eigenvalue weighted by Crippen LogP contribution is -2.36. The van der Waals surface area contributed by atoms with Crippen molar-refractivity contribution in [3.05, 3.63) is 45.7 Å². The van der Waals surface area contributed by atoms with Gasteiger partial charge in [-0.1, -0.05) is 19.9 Å². The SMILES string of the molecule is CCNC(=NCc1ccc(N2CCC(O)CC2)c(F)c1)NCc1nc(C(C)C)cs1.I. The number of aliphatic imine (C=N–C) groups is 1. The molecule has 1 saturated heterocycles. The molecule has 1 aromatic carbocycles. The average molecular weight is 562 g/mol. The number of halogens is 2. The molecule has 1 aliphatic rings. The molecular formula is C22H33FIN5OS. The van der Waals surface area contributed by atoms with Gasteiger partial charge in [0.15, 0.2) is 5.96 Å². The molecular weight excluding hydrogens is 528 g/mol. The minimum absolute atomic E-state index is 0. The van der Waals surface area contributed by atoms with E-state index >= 15 is 0 Å². The summed E-state index contributed by atoms with van der Waals surface area (Å²) in [4.78, 5) is 11.2. The van der Waals surface area contributed by atoms with Crippen LogP contribution in [0.4, 0.5) is 10.1 Å². The second-order valence-corrected chi connectivity index (χ2v) is 8.82. The molecule has 3 N–H and O–H groups in total. The Hall–Kier alpha value is -1.46. The van der Waals surface area contributed by atoms with Gasteiger partial charge in [0.1, 0.15) is 10.8 Å². The van der Waals surface area contributed by atoms with Crippen molar-refractivity contribution < 1.29 is 9.50 Å². The van der Waals surface area contributed by atoms with Gasteiger partial charge in [0.25, 0.3) is 0 Å². The van der Waals surface area contributed by atoms with Gasteiger partial charge in [0.2, 0.25) is 0 Å². The third-order valence-corrected chi connectivity index (χ3v) is 6.02. The monoisotopic (exact) mass is 561 g/mol. The molecule has 172 valence electrons. The number of hydrogen-bond donors (Lipinski definition) is 3. The molecule has 0 spiro atoms. The van der Waals surface area contributed by atoms with Crippen LogP contribution in [0.25, 0.3) is 0 Å². The van der Waals surface area contributed by atoms with Gasteiger partial charge in [0.05, 0.1) is 30.6 Å². The first-order valence-corrected chi connectivity index (χ1v) is 11.5. The molecule has 3 rings (SSSR count). The normalized spacial score (nSPS) is 15.2. The third kappa shape index (κ3) is 7.57. The van der Waals surface area contributed by atoms with Gasteiger partial charge < -0.3 is 20.6 Å². The van der Waals surface area contributed by atoms with Gasteiger partial charge in [-0.25, -0.2) is 14.4 Å². The molecule has 1 aromatic heterocycles. The molecule has 0 amide bonds. The van der Waals surface area contributed by atoms with Gasteiger partial charge >= 0.3 is 0 Å². The number of nitrogens with one attached hydrogen (secondary N) is 2. The molecule has 31 heavy (non-hydrogen) atoms. The van der Waals surface area contributed by atoms with E-state index in [4.69, 9.17) is 0 Å². The van der Waals surface area contributed by atoms with Crippen LogP contribution in [0, 0.1) is 5.82 Å². The molecule has 2 heterocycles. The van der Waals surface area contributed by atoms with Crippen LogP contribution in [0.2, 0.25) is 0 Å². The zero-order valence-electron chi connectivity index (χ0n) is 18.4. The topological polar surface area (TPSA) is 72.8 Å². The molecule has 0 atom stereocenters. The quantitative estimate of drug-likeness (QED) is 0.268. The summed E-state index contributed by atoms with van der Waals surface area (Å²) in [6.07, 6.45) is 1.10. The van der Waals surface area contributed by atoms with E-state index in [9.17, 15) is 9.50 Å². The number of piperidine rings is 1. The van der Waals surface area contributed by atoms with Crippen molar-refractivity contribution in [1.82, 2.24) is 15.6 Å². The number of aliphatic hydroxyl groups is 1. The highest BCUT2D eigenvalue weighted by atomic mass is 127. The highest BCUT2D eigenvalue weighted by Gasteiger charge is 2.19. The van der Waals surface area contributed by atoms with Crippen molar-refractivity contribution in [2.45, 2.75) is 58.7 Å². The van der Waals surface area contributed by atoms with E-state index in [0.29, 0.717) is 56.6 Å². The smallest absolute Gasteiger partial charge is 0.191 e. The van der Waals surface area contributed by atoms with Crippen LogP contribution in [-0.4, -0.2) is 41.8 Å². The Bertz CT molecular complexity index is 852. The maximum Gasteiger partial charge on any atom is 0.191 e. The molecule has 9 heteroatoms. The molecule has 0 saturated carbocycles. The summed E-state index contributed by atoms with van der Waals surface area (Å²) < 4.78 is 14.7. The lowest BCUT2D eigenvalue weighted by Gasteiger charge is -2.31. The number of rotatable bonds is 7. The Morgan fingerprint density at radius 2 is 2.06 bits per heavy atom. The van der Waals surface area contributed by atoms with Crippen molar-refractivity contribution in [3.63, 3.8) is 0 Å². The lowest BCUT2D eigenvalue weighted by atomic mass is 10.1. The Balaban J connectivity index is 0.00000341. The highest BCUT2D eigenvalue weighted by Crippen LogP contribution is 2.24. The minimum atomic E-state index is -0.267.